The Hall–Kier alpha value is -1.54. The highest BCUT2D eigenvalue weighted by Crippen LogP contribution is 2.32. The molecule has 0 unspecified atom stereocenters. The number of rotatable bonds is 1. The molecule has 16 heavy (non-hydrogen) atoms. The molecule has 1 rings (SSSR count). The summed E-state index contributed by atoms with van der Waals surface area (Å²) in [6.07, 6.45) is -10.2. The van der Waals surface area contributed by atoms with Crippen molar-refractivity contribution in [3.8, 4) is 5.75 Å². The van der Waals surface area contributed by atoms with Crippen molar-refractivity contribution in [2.75, 3.05) is 0 Å². The first-order chi connectivity index (χ1) is 7.09. The first-order valence-corrected chi connectivity index (χ1v) is 3.58. The molecule has 0 atom stereocenters. The summed E-state index contributed by atoms with van der Waals surface area (Å²) in [6.45, 7) is 0. The molecule has 90 valence electrons. The second kappa shape index (κ2) is 3.80. The lowest BCUT2D eigenvalue weighted by Crippen LogP contribution is -2.19. The van der Waals surface area contributed by atoms with Gasteiger partial charge in [-0.25, -0.2) is 9.37 Å². The van der Waals surface area contributed by atoms with Gasteiger partial charge in [0, 0.05) is 6.07 Å². The highest BCUT2D eigenvalue weighted by molar-refractivity contribution is 5.26. The van der Waals surface area contributed by atoms with Crippen LogP contribution in [0.25, 0.3) is 0 Å². The third kappa shape index (κ3) is 3.24. The molecule has 1 heterocycles. The SMILES string of the molecule is Fc1cnc(C(F)(F)F)cc1OC(F)(F)F. The van der Waals surface area contributed by atoms with Gasteiger partial charge in [-0.05, 0) is 0 Å². The van der Waals surface area contributed by atoms with Crippen molar-refractivity contribution in [3.63, 3.8) is 0 Å². The molecule has 0 spiro atoms. The predicted molar refractivity (Wildman–Crippen MR) is 35.9 cm³/mol. The first-order valence-electron chi connectivity index (χ1n) is 3.58. The minimum absolute atomic E-state index is 0.00387. The van der Waals surface area contributed by atoms with Crippen LogP contribution in [-0.2, 0) is 6.18 Å². The van der Waals surface area contributed by atoms with Gasteiger partial charge in [-0.1, -0.05) is 0 Å². The van der Waals surface area contributed by atoms with Gasteiger partial charge in [0.1, 0.15) is 5.69 Å². The number of aromatic nitrogens is 1. The molecule has 1 aromatic rings. The molecule has 9 heteroatoms. The molecule has 0 aliphatic heterocycles. The Bertz CT molecular complexity index is 383. The Balaban J connectivity index is 3.10. The molecule has 0 bridgehead atoms. The second-order valence-corrected chi connectivity index (χ2v) is 2.55. The van der Waals surface area contributed by atoms with E-state index in [2.05, 4.69) is 9.72 Å². The van der Waals surface area contributed by atoms with E-state index in [1.54, 1.807) is 0 Å². The van der Waals surface area contributed by atoms with Gasteiger partial charge in [0.15, 0.2) is 11.6 Å². The highest BCUT2D eigenvalue weighted by atomic mass is 19.4. The van der Waals surface area contributed by atoms with E-state index in [0.717, 1.165) is 0 Å². The smallest absolute Gasteiger partial charge is 0.403 e. The first kappa shape index (κ1) is 12.5. The Morgan fingerprint density at radius 2 is 1.62 bits per heavy atom. The molecule has 0 aliphatic carbocycles. The summed E-state index contributed by atoms with van der Waals surface area (Å²) < 4.78 is 86.7. The van der Waals surface area contributed by atoms with Crippen molar-refractivity contribution < 1.29 is 35.5 Å². The zero-order valence-electron chi connectivity index (χ0n) is 7.16. The van der Waals surface area contributed by atoms with Crippen molar-refractivity contribution in [2.24, 2.45) is 0 Å². The van der Waals surface area contributed by atoms with Crippen molar-refractivity contribution in [1.82, 2.24) is 4.98 Å². The lowest BCUT2D eigenvalue weighted by atomic mass is 10.3. The molecule has 2 nitrogen and oxygen atoms in total. The number of hydrogen-bond acceptors (Lipinski definition) is 2. The van der Waals surface area contributed by atoms with E-state index in [0.29, 0.717) is 0 Å². The predicted octanol–water partition coefficient (Wildman–Crippen LogP) is 3.14. The summed E-state index contributed by atoms with van der Waals surface area (Å²) in [6, 6.07) is -0.164. The molecule has 0 N–H and O–H groups in total. The second-order valence-electron chi connectivity index (χ2n) is 2.55. The molecular weight excluding hydrogens is 247 g/mol. The standard InChI is InChI=1S/C7H2F7NO/c8-3-2-15-5(6(9,10)11)1-4(3)16-7(12,13)14/h1-2H. The van der Waals surface area contributed by atoms with Crippen molar-refractivity contribution in [1.29, 1.82) is 0 Å². The topological polar surface area (TPSA) is 22.1 Å². The number of halogens is 7. The maximum Gasteiger partial charge on any atom is 0.573 e. The summed E-state index contributed by atoms with van der Waals surface area (Å²) in [7, 11) is 0. The van der Waals surface area contributed by atoms with E-state index in [1.807, 2.05) is 0 Å². The molecule has 0 aliphatic rings. The van der Waals surface area contributed by atoms with Crippen LogP contribution in [-0.4, -0.2) is 11.3 Å². The number of pyridine rings is 1. The fourth-order valence-corrected chi connectivity index (χ4v) is 0.778. The van der Waals surface area contributed by atoms with Crippen LogP contribution in [0.4, 0.5) is 30.7 Å². The fourth-order valence-electron chi connectivity index (χ4n) is 0.778. The lowest BCUT2D eigenvalue weighted by molar-refractivity contribution is -0.275. The monoisotopic (exact) mass is 249 g/mol. The van der Waals surface area contributed by atoms with Gasteiger partial charge < -0.3 is 4.74 Å². The minimum atomic E-state index is -5.27. The summed E-state index contributed by atoms with van der Waals surface area (Å²) in [4.78, 5) is 2.59. The van der Waals surface area contributed by atoms with Crippen LogP contribution in [0.3, 0.4) is 0 Å². The fraction of sp³-hybridized carbons (Fsp3) is 0.286. The molecular formula is C7H2F7NO. The average molecular weight is 249 g/mol. The Labute approximate surface area is 83.7 Å². The number of alkyl halides is 6. The molecule has 0 amide bonds. The molecule has 0 saturated heterocycles. The van der Waals surface area contributed by atoms with Crippen molar-refractivity contribution in [2.45, 2.75) is 12.5 Å². The van der Waals surface area contributed by atoms with Crippen LogP contribution in [0, 0.1) is 5.82 Å². The van der Waals surface area contributed by atoms with Gasteiger partial charge in [0.05, 0.1) is 6.20 Å². The maximum atomic E-state index is 12.6. The van der Waals surface area contributed by atoms with Gasteiger partial charge in [0.25, 0.3) is 0 Å². The van der Waals surface area contributed by atoms with Gasteiger partial charge in [-0.2, -0.15) is 13.2 Å². The van der Waals surface area contributed by atoms with E-state index in [9.17, 15) is 30.7 Å². The molecule has 0 aromatic carbocycles. The van der Waals surface area contributed by atoms with Crippen LogP contribution in [0.1, 0.15) is 5.69 Å². The average Bonchev–Trinajstić information content (AvgIpc) is 2.04. The van der Waals surface area contributed by atoms with E-state index < -0.39 is 29.8 Å². The summed E-state index contributed by atoms with van der Waals surface area (Å²) in [5, 5.41) is 0. The van der Waals surface area contributed by atoms with Crippen molar-refractivity contribution >= 4 is 0 Å². The van der Waals surface area contributed by atoms with Crippen LogP contribution >= 0.6 is 0 Å². The maximum absolute atomic E-state index is 12.6. The van der Waals surface area contributed by atoms with Crippen molar-refractivity contribution in [3.05, 3.63) is 23.8 Å². The van der Waals surface area contributed by atoms with Gasteiger partial charge in [-0.3, -0.25) is 0 Å². The molecule has 0 radical (unpaired) electrons. The quantitative estimate of drug-likeness (QED) is 0.713. The summed E-state index contributed by atoms with van der Waals surface area (Å²) >= 11 is 0. The Morgan fingerprint density at radius 3 is 2.06 bits per heavy atom. The molecule has 1 aromatic heterocycles. The van der Waals surface area contributed by atoms with Crippen LogP contribution in [0.2, 0.25) is 0 Å². The normalized spacial score (nSPS) is 12.7. The number of ether oxygens (including phenoxy) is 1. The van der Waals surface area contributed by atoms with Gasteiger partial charge >= 0.3 is 12.5 Å². The summed E-state index contributed by atoms with van der Waals surface area (Å²) in [5.74, 6) is -3.21. The summed E-state index contributed by atoms with van der Waals surface area (Å²) in [5.41, 5.74) is -1.67. The van der Waals surface area contributed by atoms with E-state index in [1.165, 1.54) is 0 Å². The minimum Gasteiger partial charge on any atom is -0.403 e. The van der Waals surface area contributed by atoms with Crippen LogP contribution in [0.15, 0.2) is 12.3 Å². The Morgan fingerprint density at radius 1 is 1.06 bits per heavy atom. The molecule has 0 fully saturated rings. The van der Waals surface area contributed by atoms with Crippen LogP contribution in [0.5, 0.6) is 5.75 Å². The lowest BCUT2D eigenvalue weighted by Gasteiger charge is -2.11. The van der Waals surface area contributed by atoms with E-state index in [-0.39, 0.29) is 12.3 Å². The molecule has 0 saturated carbocycles. The van der Waals surface area contributed by atoms with Crippen LogP contribution < -0.4 is 4.74 Å². The number of nitrogens with zero attached hydrogens (tertiary/aromatic N) is 1. The zero-order valence-corrected chi connectivity index (χ0v) is 7.16. The van der Waals surface area contributed by atoms with Gasteiger partial charge in [0.2, 0.25) is 0 Å². The van der Waals surface area contributed by atoms with Gasteiger partial charge in [-0.15, -0.1) is 13.2 Å². The zero-order chi connectivity index (χ0) is 12.6. The highest BCUT2D eigenvalue weighted by Gasteiger charge is 2.36. The van der Waals surface area contributed by atoms with E-state index >= 15 is 0 Å². The van der Waals surface area contributed by atoms with E-state index in [4.69, 9.17) is 0 Å². The largest absolute Gasteiger partial charge is 0.573 e. The third-order valence-corrected chi connectivity index (χ3v) is 1.34. The third-order valence-electron chi connectivity index (χ3n) is 1.34. The number of hydrogen-bond donors (Lipinski definition) is 0. The Kier molecular flexibility index (Phi) is 2.97.